The SMILES string of the molecule is CC(=O)C(Cl)C(=O)Nc1cccc(Cl)c1. The van der Waals surface area contributed by atoms with Crippen LogP contribution in [0.2, 0.25) is 5.02 Å². The molecule has 0 heterocycles. The quantitative estimate of drug-likeness (QED) is 0.657. The molecule has 0 spiro atoms. The van der Waals surface area contributed by atoms with Crippen LogP contribution in [0.5, 0.6) is 0 Å². The van der Waals surface area contributed by atoms with Gasteiger partial charge in [-0.1, -0.05) is 17.7 Å². The average Bonchev–Trinajstić information content (AvgIpc) is 2.16. The minimum Gasteiger partial charge on any atom is -0.324 e. The maximum absolute atomic E-state index is 11.4. The lowest BCUT2D eigenvalue weighted by Gasteiger charge is -2.07. The Morgan fingerprint density at radius 2 is 2.07 bits per heavy atom. The zero-order valence-corrected chi connectivity index (χ0v) is 9.47. The molecule has 1 amide bonds. The second-order valence-corrected chi connectivity index (χ2v) is 3.85. The molecular weight excluding hydrogens is 237 g/mol. The lowest BCUT2D eigenvalue weighted by atomic mass is 10.2. The first-order valence-corrected chi connectivity index (χ1v) is 5.03. The third-order valence-corrected chi connectivity index (χ3v) is 2.42. The molecule has 0 fully saturated rings. The van der Waals surface area contributed by atoms with Crippen LogP contribution >= 0.6 is 23.2 Å². The van der Waals surface area contributed by atoms with Crippen LogP contribution in [0.15, 0.2) is 24.3 Å². The number of carbonyl (C=O) groups excluding carboxylic acids is 2. The molecule has 0 aromatic heterocycles. The lowest BCUT2D eigenvalue weighted by Crippen LogP contribution is -2.28. The Morgan fingerprint density at radius 1 is 1.40 bits per heavy atom. The number of amides is 1. The summed E-state index contributed by atoms with van der Waals surface area (Å²) in [4.78, 5) is 22.2. The second kappa shape index (κ2) is 5.14. The van der Waals surface area contributed by atoms with Crippen molar-refractivity contribution in [3.8, 4) is 0 Å². The number of halogens is 2. The van der Waals surface area contributed by atoms with Crippen molar-refractivity contribution >= 4 is 40.6 Å². The van der Waals surface area contributed by atoms with Crippen molar-refractivity contribution in [3.05, 3.63) is 29.3 Å². The average molecular weight is 246 g/mol. The fourth-order valence-corrected chi connectivity index (χ4v) is 1.20. The summed E-state index contributed by atoms with van der Waals surface area (Å²) >= 11 is 11.3. The number of carbonyl (C=O) groups is 2. The van der Waals surface area contributed by atoms with Crippen molar-refractivity contribution in [1.29, 1.82) is 0 Å². The summed E-state index contributed by atoms with van der Waals surface area (Å²) in [6.07, 6.45) is 0. The van der Waals surface area contributed by atoms with Crippen LogP contribution in [0.1, 0.15) is 6.92 Å². The predicted octanol–water partition coefficient (Wildman–Crippen LogP) is 2.47. The van der Waals surface area contributed by atoms with Crippen molar-refractivity contribution in [1.82, 2.24) is 0 Å². The topological polar surface area (TPSA) is 46.2 Å². The summed E-state index contributed by atoms with van der Waals surface area (Å²) in [5, 5.41) is 1.83. The molecule has 1 rings (SSSR count). The van der Waals surface area contributed by atoms with E-state index in [2.05, 4.69) is 5.32 Å². The monoisotopic (exact) mass is 245 g/mol. The molecular formula is C10H9Cl2NO2. The van der Waals surface area contributed by atoms with E-state index in [9.17, 15) is 9.59 Å². The zero-order chi connectivity index (χ0) is 11.4. The van der Waals surface area contributed by atoms with Gasteiger partial charge in [0.15, 0.2) is 11.2 Å². The Hall–Kier alpha value is -1.06. The molecule has 80 valence electrons. The van der Waals surface area contributed by atoms with Gasteiger partial charge >= 0.3 is 0 Å². The summed E-state index contributed by atoms with van der Waals surface area (Å²) in [6, 6.07) is 6.60. The fraction of sp³-hybridized carbons (Fsp3) is 0.200. The van der Waals surface area contributed by atoms with Crippen molar-refractivity contribution in [3.63, 3.8) is 0 Å². The minimum absolute atomic E-state index is 0.392. The predicted molar refractivity (Wildman–Crippen MR) is 60.4 cm³/mol. The molecule has 3 nitrogen and oxygen atoms in total. The fourth-order valence-electron chi connectivity index (χ4n) is 0.956. The minimum atomic E-state index is -1.16. The first kappa shape index (κ1) is 12.0. The van der Waals surface area contributed by atoms with Gasteiger partial charge in [-0.25, -0.2) is 0 Å². The van der Waals surface area contributed by atoms with Gasteiger partial charge in [0.1, 0.15) is 0 Å². The van der Waals surface area contributed by atoms with Gasteiger partial charge in [-0.05, 0) is 25.1 Å². The Balaban J connectivity index is 2.70. The number of Topliss-reactive ketones (excluding diaryl/α,β-unsaturated/α-hetero) is 1. The smallest absolute Gasteiger partial charge is 0.250 e. The molecule has 1 aromatic rings. The largest absolute Gasteiger partial charge is 0.324 e. The Kier molecular flexibility index (Phi) is 4.12. The first-order chi connectivity index (χ1) is 7.00. The summed E-state index contributed by atoms with van der Waals surface area (Å²) in [5.41, 5.74) is 0.513. The maximum atomic E-state index is 11.4. The van der Waals surface area contributed by atoms with E-state index in [1.165, 1.54) is 6.92 Å². The van der Waals surface area contributed by atoms with E-state index in [1.54, 1.807) is 24.3 Å². The van der Waals surface area contributed by atoms with Crippen molar-refractivity contribution in [2.45, 2.75) is 12.3 Å². The molecule has 0 bridgehead atoms. The number of anilines is 1. The van der Waals surface area contributed by atoms with Gasteiger partial charge in [-0.3, -0.25) is 9.59 Å². The molecule has 0 saturated carbocycles. The third kappa shape index (κ3) is 3.53. The highest BCUT2D eigenvalue weighted by Gasteiger charge is 2.19. The molecule has 1 aromatic carbocycles. The van der Waals surface area contributed by atoms with E-state index in [4.69, 9.17) is 23.2 Å². The number of nitrogens with one attached hydrogen (secondary N) is 1. The number of ketones is 1. The van der Waals surface area contributed by atoms with Gasteiger partial charge < -0.3 is 5.32 Å². The van der Waals surface area contributed by atoms with Gasteiger partial charge in [0, 0.05) is 10.7 Å². The van der Waals surface area contributed by atoms with E-state index in [0.29, 0.717) is 10.7 Å². The van der Waals surface area contributed by atoms with Crippen LogP contribution in [0.4, 0.5) is 5.69 Å². The van der Waals surface area contributed by atoms with Gasteiger partial charge in [0.25, 0.3) is 0 Å². The standard InChI is InChI=1S/C10H9Cl2NO2/c1-6(14)9(12)10(15)13-8-4-2-3-7(11)5-8/h2-5,9H,1H3,(H,13,15). The van der Waals surface area contributed by atoms with Crippen LogP contribution in [-0.4, -0.2) is 17.1 Å². The maximum Gasteiger partial charge on any atom is 0.250 e. The molecule has 1 unspecified atom stereocenters. The van der Waals surface area contributed by atoms with Gasteiger partial charge in [-0.2, -0.15) is 0 Å². The van der Waals surface area contributed by atoms with Crippen LogP contribution < -0.4 is 5.32 Å². The van der Waals surface area contributed by atoms with Crippen molar-refractivity contribution in [2.75, 3.05) is 5.32 Å². The van der Waals surface area contributed by atoms with Gasteiger partial charge in [0.2, 0.25) is 5.91 Å². The Bertz CT molecular complexity index is 393. The summed E-state index contributed by atoms with van der Waals surface area (Å²) in [6.45, 7) is 1.26. The third-order valence-electron chi connectivity index (χ3n) is 1.68. The number of rotatable bonds is 3. The Morgan fingerprint density at radius 3 is 2.60 bits per heavy atom. The molecule has 15 heavy (non-hydrogen) atoms. The first-order valence-electron chi connectivity index (χ1n) is 4.21. The zero-order valence-electron chi connectivity index (χ0n) is 7.96. The highest BCUT2D eigenvalue weighted by atomic mass is 35.5. The molecule has 0 aliphatic rings. The van der Waals surface area contributed by atoms with Gasteiger partial charge in [-0.15, -0.1) is 11.6 Å². The number of alkyl halides is 1. The number of hydrogen-bond donors (Lipinski definition) is 1. The summed E-state index contributed by atoms with van der Waals surface area (Å²) < 4.78 is 0. The highest BCUT2D eigenvalue weighted by molar-refractivity contribution is 6.43. The molecule has 0 radical (unpaired) electrons. The lowest BCUT2D eigenvalue weighted by molar-refractivity contribution is -0.123. The van der Waals surface area contributed by atoms with Crippen LogP contribution in [0.3, 0.4) is 0 Å². The van der Waals surface area contributed by atoms with Crippen LogP contribution in [0.25, 0.3) is 0 Å². The molecule has 0 aliphatic carbocycles. The Labute approximate surface area is 97.4 Å². The van der Waals surface area contributed by atoms with Gasteiger partial charge in [0.05, 0.1) is 0 Å². The number of benzene rings is 1. The van der Waals surface area contributed by atoms with E-state index in [0.717, 1.165) is 0 Å². The summed E-state index contributed by atoms with van der Waals surface area (Å²) in [5.74, 6) is -0.942. The molecule has 1 N–H and O–H groups in total. The van der Waals surface area contributed by atoms with Crippen LogP contribution in [-0.2, 0) is 9.59 Å². The van der Waals surface area contributed by atoms with E-state index < -0.39 is 17.1 Å². The molecule has 5 heteroatoms. The second-order valence-electron chi connectivity index (χ2n) is 2.97. The molecule has 1 atom stereocenters. The van der Waals surface area contributed by atoms with E-state index in [-0.39, 0.29) is 0 Å². The highest BCUT2D eigenvalue weighted by Crippen LogP contribution is 2.15. The molecule has 0 saturated heterocycles. The normalized spacial score (nSPS) is 11.9. The molecule has 0 aliphatic heterocycles. The van der Waals surface area contributed by atoms with E-state index in [1.807, 2.05) is 0 Å². The number of hydrogen-bond acceptors (Lipinski definition) is 2. The summed E-state index contributed by atoms with van der Waals surface area (Å²) in [7, 11) is 0. The van der Waals surface area contributed by atoms with Crippen LogP contribution in [0, 0.1) is 0 Å². The van der Waals surface area contributed by atoms with E-state index >= 15 is 0 Å². The van der Waals surface area contributed by atoms with Crippen molar-refractivity contribution < 1.29 is 9.59 Å². The van der Waals surface area contributed by atoms with Crippen molar-refractivity contribution in [2.24, 2.45) is 0 Å².